The molecule has 0 saturated heterocycles. The molecule has 0 bridgehead atoms. The highest BCUT2D eigenvalue weighted by atomic mass is 15.0. The average Bonchev–Trinajstić information content (AvgIpc) is 3.37. The predicted molar refractivity (Wildman–Crippen MR) is 176 cm³/mol. The van der Waals surface area contributed by atoms with Gasteiger partial charge in [0, 0.05) is 28.0 Å². The summed E-state index contributed by atoms with van der Waals surface area (Å²) >= 11 is 0. The van der Waals surface area contributed by atoms with Crippen molar-refractivity contribution in [1.82, 2.24) is 15.0 Å². The van der Waals surface area contributed by atoms with Crippen molar-refractivity contribution in [2.24, 2.45) is 0 Å². The van der Waals surface area contributed by atoms with Gasteiger partial charge < -0.3 is 0 Å². The Morgan fingerprint density at radius 1 is 0.659 bits per heavy atom. The number of hydrogen-bond donors (Lipinski definition) is 0. The molecule has 1 heterocycles. The minimum atomic E-state index is -0.0609. The van der Waals surface area contributed by atoms with Gasteiger partial charge in [-0.3, -0.25) is 0 Å². The van der Waals surface area contributed by atoms with E-state index in [9.17, 15) is 5.26 Å². The number of nitriles is 1. The summed E-state index contributed by atoms with van der Waals surface area (Å²) in [5.41, 5.74) is 9.97. The van der Waals surface area contributed by atoms with Crippen molar-refractivity contribution in [3.8, 4) is 51.1 Å². The van der Waals surface area contributed by atoms with Crippen molar-refractivity contribution in [2.75, 3.05) is 0 Å². The Morgan fingerprint density at radius 3 is 2.14 bits per heavy atom. The van der Waals surface area contributed by atoms with Crippen molar-refractivity contribution >= 4 is 0 Å². The summed E-state index contributed by atoms with van der Waals surface area (Å²) < 4.78 is 0. The second-order valence-electron chi connectivity index (χ2n) is 12.2. The molecule has 5 aromatic rings. The Bertz CT molecular complexity index is 1970. The third-order valence-corrected chi connectivity index (χ3v) is 9.69. The van der Waals surface area contributed by atoms with Crippen LogP contribution in [-0.2, 0) is 5.41 Å². The van der Waals surface area contributed by atoms with E-state index >= 15 is 0 Å². The summed E-state index contributed by atoms with van der Waals surface area (Å²) in [5.74, 6) is 2.28. The first-order valence-corrected chi connectivity index (χ1v) is 15.7. The summed E-state index contributed by atoms with van der Waals surface area (Å²) in [6.07, 6.45) is 15.2. The van der Waals surface area contributed by atoms with Gasteiger partial charge in [-0.15, -0.1) is 0 Å². The SMILES string of the molecule is N#Cc1cccc2c1-c1ccc(-c3nc(-c4ccc(-c5ccccc5)cc4)nc(C4C=CC=CC4)n3)cc1C21CCCCC1. The summed E-state index contributed by atoms with van der Waals surface area (Å²) in [6.45, 7) is 0. The van der Waals surface area contributed by atoms with E-state index in [0.717, 1.165) is 52.9 Å². The number of allylic oxidation sites excluding steroid dienone is 4. The number of rotatable bonds is 4. The molecule has 1 spiro atoms. The quantitative estimate of drug-likeness (QED) is 0.217. The predicted octanol–water partition coefficient (Wildman–Crippen LogP) is 9.57. The van der Waals surface area contributed by atoms with E-state index in [2.05, 4.69) is 109 Å². The van der Waals surface area contributed by atoms with Crippen molar-refractivity contribution in [3.05, 3.63) is 138 Å². The normalized spacial score (nSPS) is 17.7. The van der Waals surface area contributed by atoms with E-state index in [1.807, 2.05) is 12.1 Å². The zero-order valence-corrected chi connectivity index (χ0v) is 24.6. The third kappa shape index (κ3) is 4.39. The van der Waals surface area contributed by atoms with Crippen LogP contribution in [0, 0.1) is 11.3 Å². The maximum absolute atomic E-state index is 10.0. The highest BCUT2D eigenvalue weighted by Crippen LogP contribution is 2.57. The topological polar surface area (TPSA) is 62.5 Å². The molecule has 4 nitrogen and oxygen atoms in total. The van der Waals surface area contributed by atoms with Gasteiger partial charge in [0.15, 0.2) is 11.6 Å². The van der Waals surface area contributed by atoms with E-state index in [1.165, 1.54) is 41.5 Å². The first kappa shape index (κ1) is 26.5. The second kappa shape index (κ2) is 10.8. The van der Waals surface area contributed by atoms with Gasteiger partial charge in [-0.2, -0.15) is 5.26 Å². The van der Waals surface area contributed by atoms with Crippen LogP contribution in [0.25, 0.3) is 45.0 Å². The molecule has 1 atom stereocenters. The average molecular weight is 569 g/mol. The van der Waals surface area contributed by atoms with Crippen LogP contribution in [0.3, 0.4) is 0 Å². The Balaban J connectivity index is 1.26. The Morgan fingerprint density at radius 2 is 1.39 bits per heavy atom. The molecule has 0 radical (unpaired) electrons. The third-order valence-electron chi connectivity index (χ3n) is 9.69. The first-order chi connectivity index (χ1) is 21.7. The van der Waals surface area contributed by atoms with Crippen LogP contribution < -0.4 is 0 Å². The number of aromatic nitrogens is 3. The monoisotopic (exact) mass is 568 g/mol. The molecule has 0 amide bonds. The lowest BCUT2D eigenvalue weighted by Gasteiger charge is -2.36. The molecule has 8 rings (SSSR count). The Labute approximate surface area is 258 Å². The van der Waals surface area contributed by atoms with E-state index in [1.54, 1.807) is 0 Å². The van der Waals surface area contributed by atoms with Crippen LogP contribution in [0.4, 0.5) is 0 Å². The van der Waals surface area contributed by atoms with E-state index in [-0.39, 0.29) is 11.3 Å². The maximum Gasteiger partial charge on any atom is 0.163 e. The van der Waals surface area contributed by atoms with Crippen molar-refractivity contribution in [1.29, 1.82) is 5.26 Å². The van der Waals surface area contributed by atoms with Crippen molar-refractivity contribution < 1.29 is 0 Å². The highest BCUT2D eigenvalue weighted by molar-refractivity contribution is 5.87. The Hall–Kier alpha value is -5.14. The van der Waals surface area contributed by atoms with Gasteiger partial charge in [0.25, 0.3) is 0 Å². The Kier molecular flexibility index (Phi) is 6.53. The van der Waals surface area contributed by atoms with Crippen LogP contribution in [0.2, 0.25) is 0 Å². The lowest BCUT2D eigenvalue weighted by molar-refractivity contribution is 0.353. The van der Waals surface area contributed by atoms with Crippen molar-refractivity contribution in [2.45, 2.75) is 49.9 Å². The fourth-order valence-electron chi connectivity index (χ4n) is 7.50. The van der Waals surface area contributed by atoms with Gasteiger partial charge in [0.2, 0.25) is 0 Å². The maximum atomic E-state index is 10.0. The lowest BCUT2D eigenvalue weighted by atomic mass is 9.67. The summed E-state index contributed by atoms with van der Waals surface area (Å²) in [7, 11) is 0. The molecule has 4 heteroatoms. The molecule has 0 aliphatic heterocycles. The molecular weight excluding hydrogens is 536 g/mol. The zero-order valence-electron chi connectivity index (χ0n) is 24.6. The molecule has 3 aliphatic carbocycles. The molecular formula is C40H32N4. The van der Waals surface area contributed by atoms with E-state index < -0.39 is 0 Å². The van der Waals surface area contributed by atoms with E-state index in [0.29, 0.717) is 11.6 Å². The lowest BCUT2D eigenvalue weighted by Crippen LogP contribution is -2.28. The molecule has 44 heavy (non-hydrogen) atoms. The van der Waals surface area contributed by atoms with Gasteiger partial charge in [0.05, 0.1) is 11.6 Å². The van der Waals surface area contributed by atoms with Gasteiger partial charge in [-0.05, 0) is 59.2 Å². The highest BCUT2D eigenvalue weighted by Gasteiger charge is 2.44. The molecule has 1 aromatic heterocycles. The fourth-order valence-corrected chi connectivity index (χ4v) is 7.50. The summed E-state index contributed by atoms with van der Waals surface area (Å²) in [6, 6.07) is 34.3. The van der Waals surface area contributed by atoms with Gasteiger partial charge in [-0.25, -0.2) is 15.0 Å². The van der Waals surface area contributed by atoms with Crippen molar-refractivity contribution in [3.63, 3.8) is 0 Å². The second-order valence-corrected chi connectivity index (χ2v) is 12.2. The van der Waals surface area contributed by atoms with Gasteiger partial charge in [-0.1, -0.05) is 122 Å². The van der Waals surface area contributed by atoms with Crippen LogP contribution in [0.5, 0.6) is 0 Å². The van der Waals surface area contributed by atoms with E-state index in [4.69, 9.17) is 15.0 Å². The van der Waals surface area contributed by atoms with Crippen LogP contribution in [-0.4, -0.2) is 15.0 Å². The smallest absolute Gasteiger partial charge is 0.163 e. The minimum absolute atomic E-state index is 0.0609. The largest absolute Gasteiger partial charge is 0.212 e. The number of fused-ring (bicyclic) bond motifs is 5. The van der Waals surface area contributed by atoms with Crippen LogP contribution in [0.1, 0.15) is 67.0 Å². The fraction of sp³-hybridized carbons (Fsp3) is 0.200. The standard InChI is InChI=1S/C40H32N4/c41-26-32-15-10-16-34-36(32)33-22-21-31(25-35(33)40(34)23-8-3-9-24-40)39-43-37(29-13-6-2-7-14-29)42-38(44-39)30-19-17-28(18-20-30)27-11-4-1-5-12-27/h1-2,4-7,10-13,15-22,25,29H,3,8-9,14,23-24H2. The molecule has 1 unspecified atom stereocenters. The van der Waals surface area contributed by atoms with Gasteiger partial charge >= 0.3 is 0 Å². The van der Waals surface area contributed by atoms with Crippen LogP contribution in [0.15, 0.2) is 115 Å². The number of hydrogen-bond acceptors (Lipinski definition) is 4. The van der Waals surface area contributed by atoms with Crippen LogP contribution >= 0.6 is 0 Å². The summed E-state index contributed by atoms with van der Waals surface area (Å²) in [5, 5.41) is 10.0. The minimum Gasteiger partial charge on any atom is -0.212 e. The summed E-state index contributed by atoms with van der Waals surface area (Å²) in [4.78, 5) is 15.2. The zero-order chi connectivity index (χ0) is 29.5. The van der Waals surface area contributed by atoms with Gasteiger partial charge in [0.1, 0.15) is 5.82 Å². The first-order valence-electron chi connectivity index (χ1n) is 15.7. The molecule has 0 N–H and O–H groups in total. The molecule has 4 aromatic carbocycles. The number of nitrogens with zero attached hydrogens (tertiary/aromatic N) is 4. The molecule has 1 fully saturated rings. The number of benzene rings is 4. The molecule has 212 valence electrons. The molecule has 1 saturated carbocycles. The molecule has 3 aliphatic rings.